The molecule has 3 N–H and O–H groups in total. The topological polar surface area (TPSA) is 81.4 Å². The summed E-state index contributed by atoms with van der Waals surface area (Å²) >= 11 is 0. The molecule has 0 fully saturated rings. The molecule has 0 aromatic heterocycles. The van der Waals surface area contributed by atoms with E-state index in [4.69, 9.17) is 10.5 Å². The van der Waals surface area contributed by atoms with Gasteiger partial charge in [-0.25, -0.2) is 0 Å². The smallest absolute Gasteiger partial charge is 0.416 e. The van der Waals surface area contributed by atoms with Gasteiger partial charge in [0.15, 0.2) is 0 Å². The molecule has 0 radical (unpaired) electrons. The summed E-state index contributed by atoms with van der Waals surface area (Å²) in [5.74, 6) is -1.26. The average Bonchev–Trinajstić information content (AvgIpc) is 2.34. The molecular weight excluding hydrogens is 313 g/mol. The fourth-order valence-corrected chi connectivity index (χ4v) is 1.72. The number of carbonyl (C=O) groups is 2. The van der Waals surface area contributed by atoms with E-state index in [-0.39, 0.29) is 24.2 Å². The summed E-state index contributed by atoms with van der Waals surface area (Å²) in [4.78, 5) is 23.3. The van der Waals surface area contributed by atoms with Crippen LogP contribution in [0.3, 0.4) is 0 Å². The maximum Gasteiger partial charge on any atom is 0.416 e. The van der Waals surface area contributed by atoms with Crippen molar-refractivity contribution in [2.45, 2.75) is 39.0 Å². The number of nitrogens with two attached hydrogens (primary N) is 1. The zero-order valence-corrected chi connectivity index (χ0v) is 13.1. The van der Waals surface area contributed by atoms with E-state index in [1.807, 2.05) is 0 Å². The summed E-state index contributed by atoms with van der Waals surface area (Å²) in [6, 6.07) is 2.59. The predicted molar refractivity (Wildman–Crippen MR) is 78.7 cm³/mol. The van der Waals surface area contributed by atoms with Crippen molar-refractivity contribution < 1.29 is 27.5 Å². The summed E-state index contributed by atoms with van der Waals surface area (Å²) < 4.78 is 43.1. The summed E-state index contributed by atoms with van der Waals surface area (Å²) in [7, 11) is 0. The lowest BCUT2D eigenvalue weighted by Crippen LogP contribution is -2.29. The Kier molecular flexibility index (Phi) is 5.63. The minimum Gasteiger partial charge on any atom is -0.460 e. The van der Waals surface area contributed by atoms with Gasteiger partial charge in [0.2, 0.25) is 0 Å². The number of hydrogen-bond acceptors (Lipinski definition) is 4. The highest BCUT2D eigenvalue weighted by atomic mass is 19.4. The number of anilines is 1. The zero-order valence-electron chi connectivity index (χ0n) is 13.1. The van der Waals surface area contributed by atoms with Gasteiger partial charge in [-0.2, -0.15) is 13.2 Å². The summed E-state index contributed by atoms with van der Waals surface area (Å²) in [5, 5.41) is 2.36. The molecule has 1 aromatic carbocycles. The third-order valence-electron chi connectivity index (χ3n) is 2.58. The molecule has 0 unspecified atom stereocenters. The lowest BCUT2D eigenvalue weighted by atomic mass is 10.1. The molecule has 23 heavy (non-hydrogen) atoms. The van der Waals surface area contributed by atoms with Gasteiger partial charge >= 0.3 is 12.1 Å². The Bertz CT molecular complexity index is 593. The fourth-order valence-electron chi connectivity index (χ4n) is 1.72. The third kappa shape index (κ3) is 6.58. The molecule has 0 saturated heterocycles. The summed E-state index contributed by atoms with van der Waals surface area (Å²) in [6.45, 7) is 5.06. The van der Waals surface area contributed by atoms with Crippen molar-refractivity contribution >= 4 is 17.6 Å². The van der Waals surface area contributed by atoms with Crippen molar-refractivity contribution in [1.82, 2.24) is 5.32 Å². The molecule has 0 saturated carbocycles. The Morgan fingerprint density at radius 3 is 2.30 bits per heavy atom. The Morgan fingerprint density at radius 2 is 1.78 bits per heavy atom. The molecular formula is C15H19F3N2O3. The monoisotopic (exact) mass is 332 g/mol. The Hall–Kier alpha value is -2.25. The third-order valence-corrected chi connectivity index (χ3v) is 2.58. The average molecular weight is 332 g/mol. The van der Waals surface area contributed by atoms with Gasteiger partial charge in [0.1, 0.15) is 5.60 Å². The van der Waals surface area contributed by atoms with Crippen LogP contribution in [0, 0.1) is 0 Å². The lowest BCUT2D eigenvalue weighted by Gasteiger charge is -2.19. The quantitative estimate of drug-likeness (QED) is 0.656. The highest BCUT2D eigenvalue weighted by molar-refractivity contribution is 5.95. The van der Waals surface area contributed by atoms with Gasteiger partial charge in [-0.3, -0.25) is 9.59 Å². The van der Waals surface area contributed by atoms with E-state index >= 15 is 0 Å². The first kappa shape index (κ1) is 18.8. The summed E-state index contributed by atoms with van der Waals surface area (Å²) in [6.07, 6.45) is -4.68. The second-order valence-electron chi connectivity index (χ2n) is 5.93. The van der Waals surface area contributed by atoms with Crippen LogP contribution in [-0.2, 0) is 15.7 Å². The highest BCUT2D eigenvalue weighted by Crippen LogP contribution is 2.31. The molecule has 0 aliphatic carbocycles. The van der Waals surface area contributed by atoms with Crippen LogP contribution >= 0.6 is 0 Å². The van der Waals surface area contributed by atoms with Crippen LogP contribution in [0.15, 0.2) is 18.2 Å². The number of rotatable bonds is 4. The van der Waals surface area contributed by atoms with E-state index < -0.39 is 29.2 Å². The number of esters is 1. The van der Waals surface area contributed by atoms with Crippen molar-refractivity contribution in [3.05, 3.63) is 29.3 Å². The number of nitrogens with one attached hydrogen (secondary N) is 1. The van der Waals surface area contributed by atoms with Crippen LogP contribution < -0.4 is 11.1 Å². The van der Waals surface area contributed by atoms with Crippen LogP contribution in [0.2, 0.25) is 0 Å². The largest absolute Gasteiger partial charge is 0.460 e. The van der Waals surface area contributed by atoms with E-state index in [0.29, 0.717) is 6.07 Å². The van der Waals surface area contributed by atoms with Crippen molar-refractivity contribution in [3.63, 3.8) is 0 Å². The van der Waals surface area contributed by atoms with Gasteiger partial charge in [0.05, 0.1) is 12.0 Å². The molecule has 5 nitrogen and oxygen atoms in total. The number of halogens is 3. The number of hydrogen-bond donors (Lipinski definition) is 2. The number of alkyl halides is 3. The first-order chi connectivity index (χ1) is 10.4. The van der Waals surface area contributed by atoms with E-state index in [2.05, 4.69) is 5.32 Å². The van der Waals surface area contributed by atoms with E-state index in [1.165, 1.54) is 0 Å². The highest BCUT2D eigenvalue weighted by Gasteiger charge is 2.31. The fraction of sp³-hybridized carbons (Fsp3) is 0.467. The molecule has 1 amide bonds. The Morgan fingerprint density at radius 1 is 1.17 bits per heavy atom. The van der Waals surface area contributed by atoms with Gasteiger partial charge in [-0.05, 0) is 39.0 Å². The van der Waals surface area contributed by atoms with E-state index in [1.54, 1.807) is 20.8 Å². The maximum atomic E-state index is 12.7. The van der Waals surface area contributed by atoms with Gasteiger partial charge in [0.25, 0.3) is 5.91 Å². The summed E-state index contributed by atoms with van der Waals surface area (Å²) in [5.41, 5.74) is 3.35. The molecule has 1 rings (SSSR count). The van der Waals surface area contributed by atoms with Gasteiger partial charge in [-0.15, -0.1) is 0 Å². The minimum absolute atomic E-state index is 0.0517. The van der Waals surface area contributed by atoms with Crippen molar-refractivity contribution in [2.24, 2.45) is 0 Å². The maximum absolute atomic E-state index is 12.7. The molecule has 0 bridgehead atoms. The minimum atomic E-state index is -4.60. The number of amides is 1. The van der Waals surface area contributed by atoms with Gasteiger partial charge < -0.3 is 15.8 Å². The second-order valence-corrected chi connectivity index (χ2v) is 5.93. The first-order valence-corrected chi connectivity index (χ1v) is 6.86. The first-order valence-electron chi connectivity index (χ1n) is 6.86. The number of carbonyl (C=O) groups excluding carboxylic acids is 2. The van der Waals surface area contributed by atoms with Crippen molar-refractivity contribution in [1.29, 1.82) is 0 Å². The molecule has 0 aliphatic rings. The van der Waals surface area contributed by atoms with Crippen molar-refractivity contribution in [3.8, 4) is 0 Å². The van der Waals surface area contributed by atoms with Crippen LogP contribution in [0.5, 0.6) is 0 Å². The Labute approximate surface area is 132 Å². The van der Waals surface area contributed by atoms with Gasteiger partial charge in [-0.1, -0.05) is 0 Å². The molecule has 0 heterocycles. The SMILES string of the molecule is CC(C)(C)OC(=O)CCNC(=O)c1cc(N)cc(C(F)(F)F)c1. The number of benzene rings is 1. The Balaban J connectivity index is 2.66. The zero-order chi connectivity index (χ0) is 17.8. The van der Waals surface area contributed by atoms with E-state index in [9.17, 15) is 22.8 Å². The molecule has 0 aliphatic heterocycles. The lowest BCUT2D eigenvalue weighted by molar-refractivity contribution is -0.154. The normalized spacial score (nSPS) is 11.9. The van der Waals surface area contributed by atoms with Gasteiger partial charge in [0, 0.05) is 17.8 Å². The van der Waals surface area contributed by atoms with Crippen LogP contribution in [-0.4, -0.2) is 24.0 Å². The molecule has 1 aromatic rings. The number of ether oxygens (including phenoxy) is 1. The van der Waals surface area contributed by atoms with Crippen LogP contribution in [0.1, 0.15) is 43.1 Å². The molecule has 8 heteroatoms. The second kappa shape index (κ2) is 6.89. The predicted octanol–water partition coefficient (Wildman–Crippen LogP) is 2.75. The van der Waals surface area contributed by atoms with Crippen LogP contribution in [0.4, 0.5) is 18.9 Å². The molecule has 0 spiro atoms. The number of nitrogen functional groups attached to an aromatic ring is 1. The standard InChI is InChI=1S/C15H19F3N2O3/c1-14(2,3)23-12(21)4-5-20-13(22)9-6-10(15(16,17)18)8-11(19)7-9/h6-8H,4-5,19H2,1-3H3,(H,20,22). The van der Waals surface area contributed by atoms with E-state index in [0.717, 1.165) is 12.1 Å². The van der Waals surface area contributed by atoms with Crippen molar-refractivity contribution in [2.75, 3.05) is 12.3 Å². The molecule has 0 atom stereocenters. The van der Waals surface area contributed by atoms with Crippen LogP contribution in [0.25, 0.3) is 0 Å². The molecule has 128 valence electrons.